The zero-order valence-corrected chi connectivity index (χ0v) is 19.1. The van der Waals surface area contributed by atoms with E-state index >= 15 is 0 Å². The van der Waals surface area contributed by atoms with E-state index in [1.54, 1.807) is 11.3 Å². The highest BCUT2D eigenvalue weighted by Crippen LogP contribution is 2.27. The smallest absolute Gasteiger partial charge is 0.247 e. The Labute approximate surface area is 188 Å². The molecular formula is C24H29N5OS. The Hall–Kier alpha value is -3.03. The number of amides is 1. The van der Waals surface area contributed by atoms with Crippen molar-refractivity contribution >= 4 is 33.9 Å². The van der Waals surface area contributed by atoms with Gasteiger partial charge in [-0.05, 0) is 62.3 Å². The molecule has 0 bridgehead atoms. The first-order chi connectivity index (χ1) is 15.0. The van der Waals surface area contributed by atoms with Crippen LogP contribution in [0.2, 0.25) is 0 Å². The second-order valence-corrected chi connectivity index (χ2v) is 8.52. The van der Waals surface area contributed by atoms with Crippen LogP contribution < -0.4 is 10.6 Å². The number of carbonyl (C=O) groups is 1. The number of hydrogen-bond acceptors (Lipinski definition) is 6. The van der Waals surface area contributed by atoms with Gasteiger partial charge in [0, 0.05) is 28.9 Å². The summed E-state index contributed by atoms with van der Waals surface area (Å²) in [4.78, 5) is 24.5. The zero-order valence-electron chi connectivity index (χ0n) is 18.3. The molecule has 0 fully saturated rings. The van der Waals surface area contributed by atoms with E-state index in [-0.39, 0.29) is 5.91 Å². The summed E-state index contributed by atoms with van der Waals surface area (Å²) in [5.41, 5.74) is 3.66. The molecule has 1 aromatic carbocycles. The Morgan fingerprint density at radius 1 is 1.26 bits per heavy atom. The number of anilines is 3. The Morgan fingerprint density at radius 3 is 2.77 bits per heavy atom. The Balaban J connectivity index is 1.96. The molecule has 3 rings (SSSR count). The number of thiazole rings is 1. The second-order valence-electron chi connectivity index (χ2n) is 7.29. The lowest BCUT2D eigenvalue weighted by Gasteiger charge is -2.20. The van der Waals surface area contributed by atoms with E-state index in [1.807, 2.05) is 37.4 Å². The summed E-state index contributed by atoms with van der Waals surface area (Å²) in [7, 11) is 0. The molecule has 7 heteroatoms. The van der Waals surface area contributed by atoms with Gasteiger partial charge in [-0.3, -0.25) is 9.69 Å². The maximum atomic E-state index is 11.7. The third-order valence-electron chi connectivity index (χ3n) is 4.75. The SMILES string of the molecule is C=CC(=O)Nc1cccc(-c2cc(CN(CC)CCC)cc(Nc3ncc(C)s3)n2)c1. The Bertz CT molecular complexity index is 1050. The lowest BCUT2D eigenvalue weighted by atomic mass is 10.1. The summed E-state index contributed by atoms with van der Waals surface area (Å²) in [5.74, 6) is 0.522. The van der Waals surface area contributed by atoms with Crippen molar-refractivity contribution < 1.29 is 4.79 Å². The first-order valence-electron chi connectivity index (χ1n) is 10.5. The molecule has 0 spiro atoms. The van der Waals surface area contributed by atoms with E-state index in [2.05, 4.69) is 53.1 Å². The van der Waals surface area contributed by atoms with Crippen molar-refractivity contribution in [2.24, 2.45) is 0 Å². The van der Waals surface area contributed by atoms with Gasteiger partial charge < -0.3 is 10.6 Å². The fourth-order valence-electron chi connectivity index (χ4n) is 3.29. The van der Waals surface area contributed by atoms with Crippen molar-refractivity contribution in [2.75, 3.05) is 23.7 Å². The lowest BCUT2D eigenvalue weighted by molar-refractivity contribution is -0.111. The molecule has 0 unspecified atom stereocenters. The van der Waals surface area contributed by atoms with E-state index in [1.165, 1.54) is 11.6 Å². The standard InChI is InChI=1S/C24H29N5OS/c1-5-11-29(7-3)16-18-12-21(19-9-8-10-20(14-19)26-23(30)6-2)27-22(13-18)28-24-25-15-17(4)31-24/h6,8-10,12-15H,2,5,7,11,16H2,1,3-4H3,(H,26,30)(H,25,27,28). The summed E-state index contributed by atoms with van der Waals surface area (Å²) in [6, 6.07) is 11.9. The number of nitrogens with one attached hydrogen (secondary N) is 2. The summed E-state index contributed by atoms with van der Waals surface area (Å²) in [5, 5.41) is 6.98. The van der Waals surface area contributed by atoms with Crippen LogP contribution in [0.5, 0.6) is 0 Å². The summed E-state index contributed by atoms with van der Waals surface area (Å²) in [6.07, 6.45) is 4.22. The number of rotatable bonds is 10. The number of aromatic nitrogens is 2. The van der Waals surface area contributed by atoms with Crippen LogP contribution in [0.3, 0.4) is 0 Å². The highest BCUT2D eigenvalue weighted by atomic mass is 32.1. The van der Waals surface area contributed by atoms with Gasteiger partial charge in [-0.1, -0.05) is 32.6 Å². The fraction of sp³-hybridized carbons (Fsp3) is 0.292. The minimum Gasteiger partial charge on any atom is -0.323 e. The van der Waals surface area contributed by atoms with Crippen LogP contribution in [0, 0.1) is 6.92 Å². The zero-order chi connectivity index (χ0) is 22.2. The third kappa shape index (κ3) is 6.47. The molecule has 0 aliphatic rings. The minimum atomic E-state index is -0.237. The van der Waals surface area contributed by atoms with Gasteiger partial charge in [0.05, 0.1) is 5.69 Å². The number of aryl methyl sites for hydroxylation is 1. The van der Waals surface area contributed by atoms with E-state index in [0.717, 1.165) is 53.1 Å². The topological polar surface area (TPSA) is 70.2 Å². The number of hydrogen-bond donors (Lipinski definition) is 2. The van der Waals surface area contributed by atoms with Gasteiger partial charge in [0.1, 0.15) is 5.82 Å². The molecule has 2 N–H and O–H groups in total. The van der Waals surface area contributed by atoms with Gasteiger partial charge in [0.2, 0.25) is 5.91 Å². The Morgan fingerprint density at radius 2 is 2.10 bits per heavy atom. The second kappa shape index (κ2) is 10.8. The first kappa shape index (κ1) is 22.7. The van der Waals surface area contributed by atoms with Crippen molar-refractivity contribution in [3.8, 4) is 11.3 Å². The van der Waals surface area contributed by atoms with Crippen LogP contribution in [0.15, 0.2) is 55.3 Å². The number of pyridine rings is 1. The predicted octanol–water partition coefficient (Wildman–Crippen LogP) is 5.61. The van der Waals surface area contributed by atoms with Crippen LogP contribution in [-0.4, -0.2) is 33.9 Å². The van der Waals surface area contributed by atoms with Gasteiger partial charge in [0.15, 0.2) is 5.13 Å². The molecule has 1 amide bonds. The molecule has 0 saturated carbocycles. The van der Waals surface area contributed by atoms with E-state index < -0.39 is 0 Å². The van der Waals surface area contributed by atoms with E-state index in [0.29, 0.717) is 5.69 Å². The van der Waals surface area contributed by atoms with Crippen molar-refractivity contribution in [3.63, 3.8) is 0 Å². The number of carbonyl (C=O) groups excluding carboxylic acids is 1. The van der Waals surface area contributed by atoms with Crippen LogP contribution in [0.25, 0.3) is 11.3 Å². The minimum absolute atomic E-state index is 0.237. The van der Waals surface area contributed by atoms with Gasteiger partial charge in [0.25, 0.3) is 0 Å². The quantitative estimate of drug-likeness (QED) is 0.405. The van der Waals surface area contributed by atoms with Gasteiger partial charge in [-0.25, -0.2) is 9.97 Å². The van der Waals surface area contributed by atoms with Crippen molar-refractivity contribution in [3.05, 3.63) is 65.7 Å². The highest BCUT2D eigenvalue weighted by Gasteiger charge is 2.11. The van der Waals surface area contributed by atoms with Gasteiger partial charge in [-0.2, -0.15) is 0 Å². The molecule has 0 aliphatic carbocycles. The third-order valence-corrected chi connectivity index (χ3v) is 5.57. The average Bonchev–Trinajstić information content (AvgIpc) is 3.17. The largest absolute Gasteiger partial charge is 0.323 e. The van der Waals surface area contributed by atoms with E-state index in [4.69, 9.17) is 4.98 Å². The van der Waals surface area contributed by atoms with Crippen LogP contribution >= 0.6 is 11.3 Å². The maximum absolute atomic E-state index is 11.7. The maximum Gasteiger partial charge on any atom is 0.247 e. The van der Waals surface area contributed by atoms with Gasteiger partial charge in [-0.15, -0.1) is 11.3 Å². The highest BCUT2D eigenvalue weighted by molar-refractivity contribution is 7.15. The summed E-state index contributed by atoms with van der Waals surface area (Å²) >= 11 is 1.60. The molecule has 6 nitrogen and oxygen atoms in total. The van der Waals surface area contributed by atoms with Gasteiger partial charge >= 0.3 is 0 Å². The Kier molecular flexibility index (Phi) is 7.92. The molecule has 2 heterocycles. The van der Waals surface area contributed by atoms with Crippen LogP contribution in [0.1, 0.15) is 30.7 Å². The lowest BCUT2D eigenvalue weighted by Crippen LogP contribution is -2.23. The normalized spacial score (nSPS) is 10.8. The van der Waals surface area contributed by atoms with Crippen LogP contribution in [0.4, 0.5) is 16.6 Å². The summed E-state index contributed by atoms with van der Waals surface area (Å²) < 4.78 is 0. The summed E-state index contributed by atoms with van der Waals surface area (Å²) in [6.45, 7) is 12.8. The molecule has 0 radical (unpaired) electrons. The number of benzene rings is 1. The fourth-order valence-corrected chi connectivity index (χ4v) is 3.96. The molecule has 162 valence electrons. The molecule has 2 aromatic heterocycles. The predicted molar refractivity (Wildman–Crippen MR) is 130 cm³/mol. The molecule has 0 aliphatic heterocycles. The molecule has 0 saturated heterocycles. The first-order valence-corrected chi connectivity index (χ1v) is 11.3. The monoisotopic (exact) mass is 435 g/mol. The molecule has 31 heavy (non-hydrogen) atoms. The molecule has 3 aromatic rings. The number of nitrogens with zero attached hydrogens (tertiary/aromatic N) is 3. The van der Waals surface area contributed by atoms with Crippen molar-refractivity contribution in [2.45, 2.75) is 33.7 Å². The average molecular weight is 436 g/mol. The van der Waals surface area contributed by atoms with Crippen molar-refractivity contribution in [1.29, 1.82) is 0 Å². The molecule has 0 atom stereocenters. The molecular weight excluding hydrogens is 406 g/mol. The van der Waals surface area contributed by atoms with Crippen LogP contribution in [-0.2, 0) is 11.3 Å². The van der Waals surface area contributed by atoms with E-state index in [9.17, 15) is 4.79 Å². The van der Waals surface area contributed by atoms with Crippen molar-refractivity contribution in [1.82, 2.24) is 14.9 Å².